The smallest absolute Gasteiger partial charge is 0.268 e. The van der Waals surface area contributed by atoms with E-state index in [0.29, 0.717) is 36.9 Å². The number of rotatable bonds is 11. The van der Waals surface area contributed by atoms with Gasteiger partial charge in [-0.15, -0.1) is 0 Å². The molecule has 5 nitrogen and oxygen atoms in total. The maximum absolute atomic E-state index is 13.6. The number of carbonyl (C=O) groups is 2. The van der Waals surface area contributed by atoms with Gasteiger partial charge in [-0.1, -0.05) is 52.0 Å². The monoisotopic (exact) mass is 475 g/mol. The molecule has 2 saturated carbocycles. The highest BCUT2D eigenvalue weighted by Crippen LogP contribution is 2.44. The van der Waals surface area contributed by atoms with Crippen molar-refractivity contribution in [3.8, 4) is 11.3 Å². The summed E-state index contributed by atoms with van der Waals surface area (Å²) >= 11 is 0. The predicted octanol–water partition coefficient (Wildman–Crippen LogP) is 7.13. The third kappa shape index (κ3) is 6.50. The number of aromatic nitrogens is 1. The molecule has 0 saturated heterocycles. The lowest BCUT2D eigenvalue weighted by Gasteiger charge is -2.25. The Hall–Kier alpha value is -2.69. The zero-order valence-electron chi connectivity index (χ0n) is 21.7. The van der Waals surface area contributed by atoms with Gasteiger partial charge >= 0.3 is 0 Å². The van der Waals surface area contributed by atoms with Crippen LogP contribution in [-0.4, -0.2) is 40.4 Å². The van der Waals surface area contributed by atoms with Crippen LogP contribution in [0.5, 0.6) is 0 Å². The first-order chi connectivity index (χ1) is 17.0. The summed E-state index contributed by atoms with van der Waals surface area (Å²) < 4.78 is 0. The Balaban J connectivity index is 1.58. The third-order valence-corrected chi connectivity index (χ3v) is 7.48. The van der Waals surface area contributed by atoms with E-state index in [1.54, 1.807) is 4.90 Å². The molecule has 1 N–H and O–H groups in total. The number of aryl methyl sites for hydroxylation is 1. The Kier molecular flexibility index (Phi) is 8.59. The van der Waals surface area contributed by atoms with Gasteiger partial charge in [0.2, 0.25) is 0 Å². The maximum Gasteiger partial charge on any atom is 0.268 e. The summed E-state index contributed by atoms with van der Waals surface area (Å²) in [7, 11) is 0. The molecule has 1 aromatic carbocycles. The molecule has 2 aliphatic rings. The zero-order chi connectivity index (χ0) is 24.8. The van der Waals surface area contributed by atoms with Crippen LogP contribution in [0.2, 0.25) is 0 Å². The molecule has 2 aliphatic carbocycles. The third-order valence-electron chi connectivity index (χ3n) is 7.48. The highest BCUT2D eigenvalue weighted by atomic mass is 16.2. The van der Waals surface area contributed by atoms with Gasteiger partial charge in [0.15, 0.2) is 5.78 Å². The van der Waals surface area contributed by atoms with Gasteiger partial charge in [-0.3, -0.25) is 9.59 Å². The second-order valence-electron chi connectivity index (χ2n) is 10.5. The van der Waals surface area contributed by atoms with Crippen molar-refractivity contribution in [2.45, 2.75) is 90.9 Å². The summed E-state index contributed by atoms with van der Waals surface area (Å²) in [6.45, 7) is 6.90. The number of amides is 1. The van der Waals surface area contributed by atoms with E-state index in [9.17, 15) is 9.59 Å². The minimum Gasteiger partial charge on any atom is -0.361 e. The number of carbonyl (C=O) groups excluding carboxylic acids is 2. The van der Waals surface area contributed by atoms with Gasteiger partial charge < -0.3 is 9.88 Å². The Labute approximate surface area is 210 Å². The summed E-state index contributed by atoms with van der Waals surface area (Å²) in [5.41, 5.74) is 5.90. The predicted molar refractivity (Wildman–Crippen MR) is 143 cm³/mol. The lowest BCUT2D eigenvalue weighted by molar-refractivity contribution is -0.130. The first-order valence-electron chi connectivity index (χ1n) is 13.7. The number of nitrogens with zero attached hydrogens (tertiary/aromatic N) is 2. The fourth-order valence-electron chi connectivity index (χ4n) is 5.42. The van der Waals surface area contributed by atoms with Crippen molar-refractivity contribution < 1.29 is 9.59 Å². The highest BCUT2D eigenvalue weighted by molar-refractivity contribution is 6.39. The van der Waals surface area contributed by atoms with Crippen molar-refractivity contribution in [1.29, 1.82) is 0 Å². The van der Waals surface area contributed by atoms with Crippen molar-refractivity contribution in [1.82, 2.24) is 9.88 Å². The summed E-state index contributed by atoms with van der Waals surface area (Å²) in [6.07, 6.45) is 12.4. The topological polar surface area (TPSA) is 65.5 Å². The van der Waals surface area contributed by atoms with Gasteiger partial charge in [0.05, 0.1) is 12.2 Å². The summed E-state index contributed by atoms with van der Waals surface area (Å²) in [6, 6.07) is 8.53. The molecule has 5 heteroatoms. The number of aromatic amines is 1. The van der Waals surface area contributed by atoms with E-state index < -0.39 is 0 Å². The molecule has 0 unspecified atom stereocenters. The fourth-order valence-corrected chi connectivity index (χ4v) is 5.42. The maximum atomic E-state index is 13.6. The molecule has 188 valence electrons. The molecular weight excluding hydrogens is 434 g/mol. The average Bonchev–Trinajstić information content (AvgIpc) is 3.57. The van der Waals surface area contributed by atoms with Gasteiger partial charge in [-0.05, 0) is 73.8 Å². The van der Waals surface area contributed by atoms with Crippen LogP contribution in [-0.2, 0) is 9.59 Å². The van der Waals surface area contributed by atoms with E-state index in [4.69, 9.17) is 4.99 Å². The number of H-pyrrole nitrogens is 1. The Morgan fingerprint density at radius 2 is 1.86 bits per heavy atom. The van der Waals surface area contributed by atoms with Crippen molar-refractivity contribution in [2.75, 3.05) is 13.1 Å². The van der Waals surface area contributed by atoms with Crippen LogP contribution in [0.15, 0.2) is 35.5 Å². The Morgan fingerprint density at radius 1 is 1.09 bits per heavy atom. The van der Waals surface area contributed by atoms with Crippen molar-refractivity contribution >= 4 is 23.1 Å². The molecule has 35 heavy (non-hydrogen) atoms. The first-order valence-corrected chi connectivity index (χ1v) is 13.7. The lowest BCUT2D eigenvalue weighted by atomic mass is 9.86. The molecule has 2 aromatic rings. The van der Waals surface area contributed by atoms with Crippen molar-refractivity contribution in [2.24, 2.45) is 10.9 Å². The molecule has 1 aromatic heterocycles. The van der Waals surface area contributed by atoms with Gasteiger partial charge in [0.25, 0.3) is 5.91 Å². The van der Waals surface area contributed by atoms with Crippen LogP contribution >= 0.6 is 0 Å². The van der Waals surface area contributed by atoms with E-state index in [1.807, 2.05) is 19.2 Å². The minimum absolute atomic E-state index is 0.102. The summed E-state index contributed by atoms with van der Waals surface area (Å²) in [4.78, 5) is 36.6. The van der Waals surface area contributed by atoms with Crippen molar-refractivity contribution in [3.05, 3.63) is 41.6 Å². The van der Waals surface area contributed by atoms with Crippen LogP contribution in [0, 0.1) is 12.8 Å². The number of ketones is 1. The molecule has 1 amide bonds. The summed E-state index contributed by atoms with van der Waals surface area (Å²) in [5.74, 6) is 1.22. The van der Waals surface area contributed by atoms with E-state index in [1.165, 1.54) is 37.7 Å². The van der Waals surface area contributed by atoms with E-state index >= 15 is 0 Å². The minimum atomic E-state index is -0.102. The standard InChI is InChI=1S/C30H41N3O2/c1-4-16-33(20-25(34)18-22-10-7-6-8-11-22)30(35)27(5-2)32-29-21(3)17-24(23-13-14-23)19-26(29)28-12-9-15-31-28/h9,12,15,17,19,22-23,31H,4-8,10-11,13-14,16,18,20H2,1-3H3. The highest BCUT2D eigenvalue weighted by Gasteiger charge is 2.27. The summed E-state index contributed by atoms with van der Waals surface area (Å²) in [5, 5.41) is 0. The van der Waals surface area contributed by atoms with Crippen LogP contribution in [0.3, 0.4) is 0 Å². The van der Waals surface area contributed by atoms with Gasteiger partial charge in [-0.2, -0.15) is 0 Å². The molecule has 1 heterocycles. The lowest BCUT2D eigenvalue weighted by Crippen LogP contribution is -2.40. The van der Waals surface area contributed by atoms with Gasteiger partial charge in [0, 0.05) is 30.4 Å². The normalized spacial score (nSPS) is 16.9. The molecule has 0 aliphatic heterocycles. The number of aliphatic imine (C=N–C) groups is 1. The molecule has 0 spiro atoms. The molecule has 2 fully saturated rings. The van der Waals surface area contributed by atoms with E-state index in [-0.39, 0.29) is 18.2 Å². The SMILES string of the molecule is CCCN(CC(=O)CC1CCCCC1)C(=O)C(CC)=Nc1c(C)cc(C2CC2)cc1-c1ccc[nH]1. The van der Waals surface area contributed by atoms with Crippen LogP contribution in [0.1, 0.15) is 95.1 Å². The molecule has 0 radical (unpaired) electrons. The second kappa shape index (κ2) is 11.8. The fraction of sp³-hybridized carbons (Fsp3) is 0.567. The quantitative estimate of drug-likeness (QED) is 0.351. The van der Waals surface area contributed by atoms with E-state index in [0.717, 1.165) is 41.8 Å². The molecule has 0 atom stereocenters. The van der Waals surface area contributed by atoms with Gasteiger partial charge in [-0.25, -0.2) is 4.99 Å². The number of Topliss-reactive ketones (excluding diaryl/α,β-unsaturated/α-hetero) is 1. The number of nitrogens with one attached hydrogen (secondary N) is 1. The van der Waals surface area contributed by atoms with Crippen LogP contribution in [0.25, 0.3) is 11.3 Å². The zero-order valence-corrected chi connectivity index (χ0v) is 21.7. The Bertz CT molecular complexity index is 1040. The van der Waals surface area contributed by atoms with Crippen LogP contribution in [0.4, 0.5) is 5.69 Å². The number of hydrogen-bond acceptors (Lipinski definition) is 3. The molecule has 0 bridgehead atoms. The Morgan fingerprint density at radius 3 is 2.49 bits per heavy atom. The first kappa shape index (κ1) is 25.4. The molecular formula is C30H41N3O2. The average molecular weight is 476 g/mol. The largest absolute Gasteiger partial charge is 0.361 e. The van der Waals surface area contributed by atoms with Gasteiger partial charge in [0.1, 0.15) is 5.71 Å². The number of hydrogen-bond donors (Lipinski definition) is 1. The molecule has 4 rings (SSSR count). The number of benzene rings is 1. The van der Waals surface area contributed by atoms with E-state index in [2.05, 4.69) is 37.0 Å². The second-order valence-corrected chi connectivity index (χ2v) is 10.5. The van der Waals surface area contributed by atoms with Crippen molar-refractivity contribution in [3.63, 3.8) is 0 Å². The van der Waals surface area contributed by atoms with Crippen LogP contribution < -0.4 is 0 Å².